The highest BCUT2D eigenvalue weighted by Gasteiger charge is 2.10. The van der Waals surface area contributed by atoms with Gasteiger partial charge in [-0.1, -0.05) is 36.4 Å². The average molecular weight is 210 g/mol. The number of allylic oxidation sites excluding steroid dienone is 2. The predicted molar refractivity (Wildman–Crippen MR) is 62.2 cm³/mol. The van der Waals surface area contributed by atoms with Gasteiger partial charge in [-0.3, -0.25) is 0 Å². The Balaban J connectivity index is 2.16. The van der Waals surface area contributed by atoms with Crippen molar-refractivity contribution < 1.29 is 4.79 Å². The van der Waals surface area contributed by atoms with Gasteiger partial charge in [-0.25, -0.2) is 4.79 Å². The van der Waals surface area contributed by atoms with Gasteiger partial charge in [0.2, 0.25) is 0 Å². The quantitative estimate of drug-likeness (QED) is 0.546. The molecular weight excluding hydrogens is 200 g/mol. The first-order chi connectivity index (χ1) is 7.90. The minimum absolute atomic E-state index is 0.317. The molecule has 0 radical (unpaired) electrons. The van der Waals surface area contributed by atoms with Gasteiger partial charge in [0.15, 0.2) is 0 Å². The first kappa shape index (κ1) is 10.3. The summed E-state index contributed by atoms with van der Waals surface area (Å²) in [6, 6.07) is 9.09. The van der Waals surface area contributed by atoms with Gasteiger partial charge in [-0.15, -0.1) is 0 Å². The number of hydrogen-bond donors (Lipinski definition) is 0. The smallest absolute Gasteiger partial charge is 0.130 e. The van der Waals surface area contributed by atoms with Crippen LogP contribution >= 0.6 is 0 Å². The predicted octanol–water partition coefficient (Wildman–Crippen LogP) is 3.02. The Bertz CT molecular complexity index is 494. The highest BCUT2D eigenvalue weighted by atomic mass is 16.1. The van der Waals surface area contributed by atoms with Crippen molar-refractivity contribution in [1.82, 2.24) is 0 Å². The molecule has 1 aliphatic rings. The monoisotopic (exact) mass is 210 g/mol. The van der Waals surface area contributed by atoms with Crippen LogP contribution in [0.5, 0.6) is 0 Å². The van der Waals surface area contributed by atoms with E-state index in [9.17, 15) is 4.79 Å². The Kier molecular flexibility index (Phi) is 3.22. The second-order valence-corrected chi connectivity index (χ2v) is 3.30. The van der Waals surface area contributed by atoms with Crippen LogP contribution in [0.15, 0.2) is 70.4 Å². The number of nitrogens with zero attached hydrogens (tertiary/aromatic N) is 2. The van der Waals surface area contributed by atoms with Gasteiger partial charge in [0, 0.05) is 0 Å². The van der Waals surface area contributed by atoms with Crippen LogP contribution in [0.2, 0.25) is 0 Å². The summed E-state index contributed by atoms with van der Waals surface area (Å²) in [6.45, 7) is 0. The third-order valence-electron chi connectivity index (χ3n) is 2.17. The lowest BCUT2D eigenvalue weighted by molar-refractivity contribution is 0.566. The van der Waals surface area contributed by atoms with Crippen LogP contribution in [0.3, 0.4) is 0 Å². The van der Waals surface area contributed by atoms with Crippen LogP contribution in [0, 0.1) is 0 Å². The molecule has 3 heteroatoms. The zero-order chi connectivity index (χ0) is 11.2. The van der Waals surface area contributed by atoms with Gasteiger partial charge in [-0.2, -0.15) is 10.2 Å². The lowest BCUT2D eigenvalue weighted by atomic mass is 10.1. The summed E-state index contributed by atoms with van der Waals surface area (Å²) in [5, 5.41) is 8.16. The van der Waals surface area contributed by atoms with E-state index < -0.39 is 0 Å². The Morgan fingerprint density at radius 1 is 1.12 bits per heavy atom. The summed E-state index contributed by atoms with van der Waals surface area (Å²) < 4.78 is 0. The molecule has 1 aromatic carbocycles. The first-order valence-electron chi connectivity index (χ1n) is 4.96. The molecule has 78 valence electrons. The molecule has 1 atom stereocenters. The maximum atomic E-state index is 10.6. The van der Waals surface area contributed by atoms with Crippen molar-refractivity contribution in [1.29, 1.82) is 0 Å². The second-order valence-electron chi connectivity index (χ2n) is 3.30. The molecule has 1 aromatic rings. The molecule has 16 heavy (non-hydrogen) atoms. The standard InChI is InChI=1S/C13H10N2O/c16-10-11-6-4-5-9-13(11)15-14-12-7-2-1-3-8-12/h1-9,13H. The SMILES string of the molecule is O=C=C1C=CC=CC1N=Nc1ccccc1. The summed E-state index contributed by atoms with van der Waals surface area (Å²) in [4.78, 5) is 10.6. The van der Waals surface area contributed by atoms with Crippen molar-refractivity contribution in [3.05, 3.63) is 60.2 Å². The summed E-state index contributed by atoms with van der Waals surface area (Å²) in [6.07, 6.45) is 7.14. The zero-order valence-corrected chi connectivity index (χ0v) is 8.58. The highest BCUT2D eigenvalue weighted by molar-refractivity contribution is 5.62. The van der Waals surface area contributed by atoms with Crippen LogP contribution in [-0.4, -0.2) is 12.0 Å². The molecule has 0 aliphatic heterocycles. The Labute approximate surface area is 93.5 Å². The molecule has 0 bridgehead atoms. The number of benzene rings is 1. The van der Waals surface area contributed by atoms with Crippen LogP contribution < -0.4 is 0 Å². The summed E-state index contributed by atoms with van der Waals surface area (Å²) >= 11 is 0. The van der Waals surface area contributed by atoms with Crippen molar-refractivity contribution in [2.75, 3.05) is 0 Å². The second kappa shape index (κ2) is 5.01. The molecule has 0 spiro atoms. The fourth-order valence-corrected chi connectivity index (χ4v) is 1.35. The van der Waals surface area contributed by atoms with E-state index in [0.29, 0.717) is 5.57 Å². The Morgan fingerprint density at radius 2 is 1.94 bits per heavy atom. The van der Waals surface area contributed by atoms with Gasteiger partial charge >= 0.3 is 0 Å². The van der Waals surface area contributed by atoms with Crippen LogP contribution in [0.1, 0.15) is 0 Å². The lowest BCUT2D eigenvalue weighted by Crippen LogP contribution is -2.04. The topological polar surface area (TPSA) is 41.8 Å². The van der Waals surface area contributed by atoms with Crippen molar-refractivity contribution in [3.63, 3.8) is 0 Å². The van der Waals surface area contributed by atoms with E-state index in [4.69, 9.17) is 0 Å². The molecule has 0 amide bonds. The minimum Gasteiger partial charge on any atom is -0.233 e. The van der Waals surface area contributed by atoms with E-state index in [1.165, 1.54) is 0 Å². The van der Waals surface area contributed by atoms with Gasteiger partial charge in [0.25, 0.3) is 0 Å². The number of carbonyl (C=O) groups excluding carboxylic acids is 1. The molecule has 3 nitrogen and oxygen atoms in total. The highest BCUT2D eigenvalue weighted by Crippen LogP contribution is 2.16. The Morgan fingerprint density at radius 3 is 2.69 bits per heavy atom. The summed E-state index contributed by atoms with van der Waals surface area (Å²) in [5.41, 5.74) is 1.28. The van der Waals surface area contributed by atoms with Gasteiger partial charge in [-0.05, 0) is 18.2 Å². The molecule has 0 saturated heterocycles. The van der Waals surface area contributed by atoms with Gasteiger partial charge in [0.05, 0.1) is 11.3 Å². The Hall–Kier alpha value is -2.25. The number of rotatable bonds is 2. The van der Waals surface area contributed by atoms with E-state index in [-0.39, 0.29) is 6.04 Å². The molecular formula is C13H10N2O. The number of hydrogen-bond acceptors (Lipinski definition) is 3. The first-order valence-corrected chi connectivity index (χ1v) is 4.96. The third-order valence-corrected chi connectivity index (χ3v) is 2.17. The molecule has 1 unspecified atom stereocenters. The summed E-state index contributed by atoms with van der Waals surface area (Å²) in [5.74, 6) is 1.87. The molecule has 0 aromatic heterocycles. The zero-order valence-electron chi connectivity index (χ0n) is 8.58. The average Bonchev–Trinajstić information content (AvgIpc) is 2.38. The molecule has 0 saturated carbocycles. The van der Waals surface area contributed by atoms with Crippen LogP contribution in [0.25, 0.3) is 0 Å². The molecule has 0 heterocycles. The number of azo groups is 1. The fourth-order valence-electron chi connectivity index (χ4n) is 1.35. The largest absolute Gasteiger partial charge is 0.233 e. The normalized spacial score (nSPS) is 19.0. The summed E-state index contributed by atoms with van der Waals surface area (Å²) in [7, 11) is 0. The van der Waals surface area contributed by atoms with E-state index in [0.717, 1.165) is 5.69 Å². The van der Waals surface area contributed by atoms with Crippen molar-refractivity contribution in [2.45, 2.75) is 6.04 Å². The minimum atomic E-state index is -0.317. The van der Waals surface area contributed by atoms with E-state index >= 15 is 0 Å². The molecule has 0 N–H and O–H groups in total. The van der Waals surface area contributed by atoms with E-state index in [2.05, 4.69) is 10.2 Å². The van der Waals surface area contributed by atoms with E-state index in [1.807, 2.05) is 48.4 Å². The maximum absolute atomic E-state index is 10.6. The van der Waals surface area contributed by atoms with Crippen molar-refractivity contribution in [3.8, 4) is 0 Å². The lowest BCUT2D eigenvalue weighted by Gasteiger charge is -2.06. The fraction of sp³-hybridized carbons (Fsp3) is 0.0769. The van der Waals surface area contributed by atoms with Crippen molar-refractivity contribution >= 4 is 11.6 Å². The van der Waals surface area contributed by atoms with Gasteiger partial charge < -0.3 is 0 Å². The maximum Gasteiger partial charge on any atom is 0.130 e. The molecule has 1 aliphatic carbocycles. The van der Waals surface area contributed by atoms with E-state index in [1.54, 1.807) is 12.2 Å². The van der Waals surface area contributed by atoms with Gasteiger partial charge in [0.1, 0.15) is 12.0 Å². The molecule has 0 fully saturated rings. The van der Waals surface area contributed by atoms with Crippen LogP contribution in [0.4, 0.5) is 5.69 Å². The molecule has 2 rings (SSSR count). The van der Waals surface area contributed by atoms with Crippen molar-refractivity contribution in [2.24, 2.45) is 10.2 Å². The third kappa shape index (κ3) is 2.41. The van der Waals surface area contributed by atoms with Crippen LogP contribution in [-0.2, 0) is 4.79 Å².